The van der Waals surface area contributed by atoms with Crippen molar-refractivity contribution in [2.24, 2.45) is 0 Å². The molecule has 1 atom stereocenters. The maximum Gasteiger partial charge on any atom is 0.167 e. The molecular weight excluding hydrogens is 594 g/mol. The quantitative estimate of drug-likeness (QED) is 0.162. The third kappa shape index (κ3) is 6.72. The Balaban J connectivity index is 1.43. The van der Waals surface area contributed by atoms with E-state index >= 15 is 0 Å². The highest BCUT2D eigenvalue weighted by Crippen LogP contribution is 2.39. The summed E-state index contributed by atoms with van der Waals surface area (Å²) in [7, 11) is 3.68. The van der Waals surface area contributed by atoms with Crippen LogP contribution in [-0.2, 0) is 30.3 Å². The first-order valence-corrected chi connectivity index (χ1v) is 15.6. The molecule has 1 aliphatic rings. The zero-order chi connectivity index (χ0) is 29.9. The number of hydrogen-bond donors (Lipinski definition) is 2. The van der Waals surface area contributed by atoms with Crippen molar-refractivity contribution >= 4 is 35.0 Å². The fraction of sp³-hybridized carbons (Fsp3) is 0.273. The molecule has 0 bridgehead atoms. The number of ether oxygens (including phenoxy) is 2. The van der Waals surface area contributed by atoms with Gasteiger partial charge in [0.1, 0.15) is 23.0 Å². The molecule has 0 aliphatic carbocycles. The fourth-order valence-corrected chi connectivity index (χ4v) is 6.50. The van der Waals surface area contributed by atoms with E-state index in [1.807, 2.05) is 68.0 Å². The van der Waals surface area contributed by atoms with Crippen molar-refractivity contribution in [2.45, 2.75) is 43.7 Å². The second-order valence-corrected chi connectivity index (χ2v) is 12.2. The van der Waals surface area contributed by atoms with Crippen LogP contribution in [0.3, 0.4) is 0 Å². The van der Waals surface area contributed by atoms with Gasteiger partial charge in [0.15, 0.2) is 11.6 Å². The summed E-state index contributed by atoms with van der Waals surface area (Å²) >= 11 is 14.2. The Morgan fingerprint density at radius 1 is 0.881 bits per heavy atom. The lowest BCUT2D eigenvalue weighted by molar-refractivity contribution is -0.111. The van der Waals surface area contributed by atoms with E-state index in [9.17, 15) is 9.50 Å². The Morgan fingerprint density at radius 2 is 1.60 bits per heavy atom. The van der Waals surface area contributed by atoms with Gasteiger partial charge in [-0.05, 0) is 80.2 Å². The smallest absolute Gasteiger partial charge is 0.167 e. The molecule has 9 heteroatoms. The van der Waals surface area contributed by atoms with Crippen LogP contribution in [-0.4, -0.2) is 24.1 Å². The van der Waals surface area contributed by atoms with E-state index in [0.29, 0.717) is 41.6 Å². The number of benzene rings is 4. The summed E-state index contributed by atoms with van der Waals surface area (Å²) in [4.78, 5) is 1.86. The Kier molecular flexibility index (Phi) is 9.67. The minimum absolute atomic E-state index is 0.0513. The number of aliphatic hydroxyl groups is 1. The zero-order valence-corrected chi connectivity index (χ0v) is 26.0. The number of nitrogens with zero attached hydrogens (tertiary/aromatic N) is 1. The summed E-state index contributed by atoms with van der Waals surface area (Å²) in [5.74, 6) is 3.31. The maximum atomic E-state index is 14.6. The number of nitrogens with one attached hydrogen (secondary N) is 1. The lowest BCUT2D eigenvalue weighted by atomic mass is 9.96. The number of thioether (sulfide) groups is 1. The van der Waals surface area contributed by atoms with Crippen LogP contribution in [0.15, 0.2) is 72.8 Å². The molecule has 1 aliphatic heterocycles. The van der Waals surface area contributed by atoms with E-state index in [2.05, 4.69) is 17.4 Å². The summed E-state index contributed by atoms with van der Waals surface area (Å²) < 4.78 is 27.0. The molecule has 0 saturated carbocycles. The van der Waals surface area contributed by atoms with Gasteiger partial charge in [0, 0.05) is 51.3 Å². The second-order valence-electron chi connectivity index (χ2n) is 10.3. The summed E-state index contributed by atoms with van der Waals surface area (Å²) in [6.07, 6.45) is 0.385. The van der Waals surface area contributed by atoms with Crippen molar-refractivity contribution in [3.8, 4) is 23.0 Å². The van der Waals surface area contributed by atoms with Crippen LogP contribution in [0.5, 0.6) is 23.0 Å². The summed E-state index contributed by atoms with van der Waals surface area (Å²) in [6, 6.07) is 21.5. The van der Waals surface area contributed by atoms with E-state index in [1.165, 1.54) is 23.3 Å². The lowest BCUT2D eigenvalue weighted by Crippen LogP contribution is -2.43. The molecule has 4 aromatic rings. The van der Waals surface area contributed by atoms with Crippen molar-refractivity contribution in [2.75, 3.05) is 14.1 Å². The highest BCUT2D eigenvalue weighted by molar-refractivity contribution is 7.98. The minimum Gasteiger partial charge on any atom is -0.457 e. The summed E-state index contributed by atoms with van der Waals surface area (Å²) in [5.41, 5.74) is 3.57. The number of fused-ring (bicyclic) bond motifs is 1. The third-order valence-electron chi connectivity index (χ3n) is 7.49. The molecule has 0 fully saturated rings. The molecule has 4 aromatic carbocycles. The molecule has 5 nitrogen and oxygen atoms in total. The van der Waals surface area contributed by atoms with E-state index in [0.717, 1.165) is 28.4 Å². The highest BCUT2D eigenvalue weighted by atomic mass is 35.5. The van der Waals surface area contributed by atoms with Crippen molar-refractivity contribution in [1.82, 2.24) is 10.2 Å². The third-order valence-corrected chi connectivity index (χ3v) is 8.99. The van der Waals surface area contributed by atoms with Gasteiger partial charge < -0.3 is 19.9 Å². The second kappa shape index (κ2) is 13.2. The molecule has 42 heavy (non-hydrogen) atoms. The molecule has 0 saturated heterocycles. The van der Waals surface area contributed by atoms with Crippen molar-refractivity contribution in [3.63, 3.8) is 0 Å². The molecule has 1 heterocycles. The monoisotopic (exact) mass is 626 g/mol. The highest BCUT2D eigenvalue weighted by Gasteiger charge is 2.33. The molecule has 2 N–H and O–H groups in total. The Labute approximate surface area is 260 Å². The predicted molar refractivity (Wildman–Crippen MR) is 169 cm³/mol. The van der Waals surface area contributed by atoms with Gasteiger partial charge >= 0.3 is 0 Å². The molecule has 1 unspecified atom stereocenters. The predicted octanol–water partition coefficient (Wildman–Crippen LogP) is 8.87. The van der Waals surface area contributed by atoms with E-state index in [4.69, 9.17) is 32.7 Å². The molecule has 0 radical (unpaired) electrons. The maximum absolute atomic E-state index is 14.6. The molecular formula is C33H33Cl2FN2O3S. The van der Waals surface area contributed by atoms with Crippen LogP contribution in [0.4, 0.5) is 4.39 Å². The summed E-state index contributed by atoms with van der Waals surface area (Å²) in [5, 5.41) is 16.0. The van der Waals surface area contributed by atoms with Gasteiger partial charge in [0.2, 0.25) is 0 Å². The normalized spacial score (nSPS) is 14.1. The van der Waals surface area contributed by atoms with Crippen LogP contribution in [0.1, 0.15) is 41.2 Å². The van der Waals surface area contributed by atoms with Gasteiger partial charge in [0.25, 0.3) is 0 Å². The molecule has 0 amide bonds. The largest absolute Gasteiger partial charge is 0.457 e. The van der Waals surface area contributed by atoms with E-state index in [1.54, 1.807) is 18.2 Å². The van der Waals surface area contributed by atoms with Crippen molar-refractivity contribution in [3.05, 3.63) is 116 Å². The first kappa shape index (κ1) is 30.7. The average Bonchev–Trinajstić information content (AvgIpc) is 3.44. The molecule has 0 aromatic heterocycles. The van der Waals surface area contributed by atoms with Crippen LogP contribution in [0.2, 0.25) is 10.0 Å². The average molecular weight is 628 g/mol. The standard InChI is InChI=1S/C33H33Cl2FN2O3S/c1-4-33(39,25-8-5-21(17-37-2)31(14-25)41-30-12-10-26(34)15-29(30)36)38(3)18-22-6-9-27(35)16-32(22)40-28-11-7-23-19-42-20-24(23)13-28/h5-16,37,39H,4,17-20H2,1-3H3. The first-order valence-electron chi connectivity index (χ1n) is 13.7. The van der Waals surface area contributed by atoms with Gasteiger partial charge in [-0.1, -0.05) is 54.4 Å². The zero-order valence-electron chi connectivity index (χ0n) is 23.7. The minimum atomic E-state index is -1.36. The van der Waals surface area contributed by atoms with Crippen molar-refractivity contribution in [1.29, 1.82) is 0 Å². The number of hydrogen-bond acceptors (Lipinski definition) is 6. The number of halogens is 3. The first-order chi connectivity index (χ1) is 20.2. The van der Waals surface area contributed by atoms with Gasteiger partial charge in [-0.25, -0.2) is 4.39 Å². The van der Waals surface area contributed by atoms with Crippen LogP contribution in [0, 0.1) is 5.82 Å². The van der Waals surface area contributed by atoms with E-state index in [-0.39, 0.29) is 10.8 Å². The van der Waals surface area contributed by atoms with Crippen LogP contribution < -0.4 is 14.8 Å². The number of rotatable bonds is 11. The Morgan fingerprint density at radius 3 is 2.36 bits per heavy atom. The van der Waals surface area contributed by atoms with E-state index < -0.39 is 11.5 Å². The van der Waals surface area contributed by atoms with Crippen molar-refractivity contribution < 1.29 is 19.0 Å². The Bertz CT molecular complexity index is 1590. The lowest BCUT2D eigenvalue weighted by Gasteiger charge is -2.37. The Hall–Kier alpha value is -2.78. The van der Waals surface area contributed by atoms with Gasteiger partial charge in [0.05, 0.1) is 0 Å². The summed E-state index contributed by atoms with van der Waals surface area (Å²) in [6.45, 7) is 2.79. The van der Waals surface area contributed by atoms with Crippen LogP contribution >= 0.6 is 35.0 Å². The molecule has 0 spiro atoms. The molecule has 5 rings (SSSR count). The fourth-order valence-electron chi connectivity index (χ4n) is 5.09. The van der Waals surface area contributed by atoms with Gasteiger partial charge in [-0.3, -0.25) is 4.90 Å². The van der Waals surface area contributed by atoms with Gasteiger partial charge in [-0.15, -0.1) is 0 Å². The topological polar surface area (TPSA) is 54.0 Å². The SMILES string of the molecule is CCC(O)(c1ccc(CNC)c(Oc2ccc(Cl)cc2F)c1)N(C)Cc1ccc(Cl)cc1Oc1ccc2c(c1)CSC2. The molecule has 220 valence electrons. The van der Waals surface area contributed by atoms with Gasteiger partial charge in [-0.2, -0.15) is 11.8 Å². The van der Waals surface area contributed by atoms with Crippen LogP contribution in [0.25, 0.3) is 0 Å².